The molecule has 20 heavy (non-hydrogen) atoms. The van der Waals surface area contributed by atoms with Crippen LogP contribution in [-0.4, -0.2) is 43.6 Å². The second-order valence-corrected chi connectivity index (χ2v) is 4.62. The van der Waals surface area contributed by atoms with E-state index < -0.39 is 0 Å². The minimum Gasteiger partial charge on any atom is -0.495 e. The molecule has 1 aromatic rings. The third-order valence-electron chi connectivity index (χ3n) is 3.33. The number of anilines is 1. The summed E-state index contributed by atoms with van der Waals surface area (Å²) in [5.41, 5.74) is 6.75. The van der Waals surface area contributed by atoms with Crippen molar-refractivity contribution in [2.75, 3.05) is 32.1 Å². The maximum atomic E-state index is 5.93. The van der Waals surface area contributed by atoms with Crippen LogP contribution in [0.4, 0.5) is 5.69 Å². The first kappa shape index (κ1) is 16.3. The molecule has 0 saturated carbocycles. The van der Waals surface area contributed by atoms with Gasteiger partial charge in [0, 0.05) is 6.04 Å². The van der Waals surface area contributed by atoms with E-state index in [1.54, 1.807) is 7.11 Å². The quantitative estimate of drug-likeness (QED) is 0.592. The summed E-state index contributed by atoms with van der Waals surface area (Å²) in [6.45, 7) is 9.18. The van der Waals surface area contributed by atoms with E-state index in [9.17, 15) is 0 Å². The Kier molecular flexibility index (Phi) is 6.87. The van der Waals surface area contributed by atoms with Gasteiger partial charge in [-0.15, -0.1) is 0 Å². The van der Waals surface area contributed by atoms with Crippen molar-refractivity contribution in [2.24, 2.45) is 10.7 Å². The molecule has 0 aliphatic rings. The zero-order valence-electron chi connectivity index (χ0n) is 12.9. The largest absolute Gasteiger partial charge is 0.495 e. The molecule has 0 spiro atoms. The smallest absolute Gasteiger partial charge is 0.193 e. The number of para-hydroxylation sites is 2. The second-order valence-electron chi connectivity index (χ2n) is 4.62. The topological polar surface area (TPSA) is 62.9 Å². The van der Waals surface area contributed by atoms with Crippen LogP contribution < -0.4 is 15.8 Å². The number of rotatable bonds is 7. The van der Waals surface area contributed by atoms with Gasteiger partial charge in [0.15, 0.2) is 5.96 Å². The molecular formula is C15H26N4O. The number of likely N-dealkylation sites (N-methyl/N-ethyl adjacent to an activating group) is 1. The van der Waals surface area contributed by atoms with Gasteiger partial charge < -0.3 is 15.8 Å². The lowest BCUT2D eigenvalue weighted by atomic mass is 10.3. The van der Waals surface area contributed by atoms with Gasteiger partial charge in [0.05, 0.1) is 19.3 Å². The first-order chi connectivity index (χ1) is 9.62. The molecule has 0 bridgehead atoms. The molecule has 0 amide bonds. The Labute approximate surface area is 121 Å². The van der Waals surface area contributed by atoms with Crippen LogP contribution in [0.25, 0.3) is 0 Å². The fourth-order valence-corrected chi connectivity index (χ4v) is 2.12. The number of nitrogens with two attached hydrogens (primary N) is 1. The highest BCUT2D eigenvalue weighted by atomic mass is 16.5. The van der Waals surface area contributed by atoms with Crippen molar-refractivity contribution in [3.05, 3.63) is 24.3 Å². The minimum absolute atomic E-state index is 0.378. The molecule has 1 unspecified atom stereocenters. The van der Waals surface area contributed by atoms with E-state index >= 15 is 0 Å². The van der Waals surface area contributed by atoms with E-state index in [1.807, 2.05) is 24.3 Å². The summed E-state index contributed by atoms with van der Waals surface area (Å²) in [5, 5.41) is 3.08. The summed E-state index contributed by atoms with van der Waals surface area (Å²) >= 11 is 0. The van der Waals surface area contributed by atoms with Crippen LogP contribution in [0.15, 0.2) is 29.3 Å². The van der Waals surface area contributed by atoms with E-state index in [4.69, 9.17) is 10.5 Å². The van der Waals surface area contributed by atoms with Crippen LogP contribution in [0.2, 0.25) is 0 Å². The monoisotopic (exact) mass is 278 g/mol. The van der Waals surface area contributed by atoms with Gasteiger partial charge in [-0.05, 0) is 32.1 Å². The van der Waals surface area contributed by atoms with Crippen molar-refractivity contribution in [1.29, 1.82) is 0 Å². The van der Waals surface area contributed by atoms with Crippen LogP contribution in [-0.2, 0) is 0 Å². The average Bonchev–Trinajstić information content (AvgIpc) is 2.47. The molecular weight excluding hydrogens is 252 g/mol. The summed E-state index contributed by atoms with van der Waals surface area (Å²) in [7, 11) is 1.64. The molecule has 0 heterocycles. The van der Waals surface area contributed by atoms with E-state index in [2.05, 4.69) is 36.0 Å². The Morgan fingerprint density at radius 2 is 2.00 bits per heavy atom. The molecule has 0 saturated heterocycles. The molecule has 5 heteroatoms. The maximum Gasteiger partial charge on any atom is 0.193 e. The Bertz CT molecular complexity index is 430. The standard InChI is InChI=1S/C15H26N4O/c1-5-19(6-2)12(3)11-17-15(16)18-13-9-7-8-10-14(13)20-4/h7-10,12H,5-6,11H2,1-4H3,(H3,16,17,18). The Morgan fingerprint density at radius 3 is 2.60 bits per heavy atom. The number of hydrogen-bond acceptors (Lipinski definition) is 3. The van der Waals surface area contributed by atoms with E-state index in [0.717, 1.165) is 24.5 Å². The highest BCUT2D eigenvalue weighted by Crippen LogP contribution is 2.22. The van der Waals surface area contributed by atoms with Crippen molar-refractivity contribution in [3.8, 4) is 5.75 Å². The summed E-state index contributed by atoms with van der Waals surface area (Å²) < 4.78 is 5.26. The molecule has 0 fully saturated rings. The van der Waals surface area contributed by atoms with E-state index in [0.29, 0.717) is 18.5 Å². The highest BCUT2D eigenvalue weighted by molar-refractivity contribution is 5.93. The summed E-state index contributed by atoms with van der Waals surface area (Å²) in [6.07, 6.45) is 0. The number of ether oxygens (including phenoxy) is 1. The lowest BCUT2D eigenvalue weighted by molar-refractivity contribution is 0.237. The number of aliphatic imine (C=N–C) groups is 1. The summed E-state index contributed by atoms with van der Waals surface area (Å²) in [5.74, 6) is 1.16. The molecule has 1 rings (SSSR count). The third-order valence-corrected chi connectivity index (χ3v) is 3.33. The summed E-state index contributed by atoms with van der Waals surface area (Å²) in [6, 6.07) is 8.02. The molecule has 0 aliphatic heterocycles. The molecule has 0 radical (unpaired) electrons. The van der Waals surface area contributed by atoms with Gasteiger partial charge >= 0.3 is 0 Å². The predicted octanol–water partition coefficient (Wildman–Crippen LogP) is 2.15. The summed E-state index contributed by atoms with van der Waals surface area (Å²) in [4.78, 5) is 6.74. The Morgan fingerprint density at radius 1 is 1.35 bits per heavy atom. The highest BCUT2D eigenvalue weighted by Gasteiger charge is 2.09. The molecule has 3 N–H and O–H groups in total. The van der Waals surface area contributed by atoms with Crippen LogP contribution >= 0.6 is 0 Å². The molecule has 1 atom stereocenters. The van der Waals surface area contributed by atoms with Gasteiger partial charge in [-0.25, -0.2) is 0 Å². The average molecular weight is 278 g/mol. The van der Waals surface area contributed by atoms with Gasteiger partial charge in [0.1, 0.15) is 5.75 Å². The van der Waals surface area contributed by atoms with Gasteiger partial charge in [0.25, 0.3) is 0 Å². The molecule has 5 nitrogen and oxygen atoms in total. The minimum atomic E-state index is 0.378. The number of hydrogen-bond donors (Lipinski definition) is 2. The molecule has 0 aliphatic carbocycles. The lowest BCUT2D eigenvalue weighted by Crippen LogP contribution is -2.36. The van der Waals surface area contributed by atoms with Crippen molar-refractivity contribution in [3.63, 3.8) is 0 Å². The SMILES string of the molecule is CCN(CC)C(C)CN=C(N)Nc1ccccc1OC. The third kappa shape index (κ3) is 4.74. The van der Waals surface area contributed by atoms with Gasteiger partial charge in [-0.3, -0.25) is 9.89 Å². The van der Waals surface area contributed by atoms with Gasteiger partial charge in [0.2, 0.25) is 0 Å². The maximum absolute atomic E-state index is 5.93. The number of benzene rings is 1. The van der Waals surface area contributed by atoms with Crippen molar-refractivity contribution < 1.29 is 4.74 Å². The molecule has 0 aromatic heterocycles. The normalized spacial score (nSPS) is 13.3. The fourth-order valence-electron chi connectivity index (χ4n) is 2.12. The zero-order valence-corrected chi connectivity index (χ0v) is 12.9. The Balaban J connectivity index is 2.61. The molecule has 1 aromatic carbocycles. The first-order valence-corrected chi connectivity index (χ1v) is 7.06. The van der Waals surface area contributed by atoms with E-state index in [1.165, 1.54) is 0 Å². The number of nitrogens with one attached hydrogen (secondary N) is 1. The van der Waals surface area contributed by atoms with Gasteiger partial charge in [-0.1, -0.05) is 26.0 Å². The zero-order chi connectivity index (χ0) is 15.0. The number of guanidine groups is 1. The van der Waals surface area contributed by atoms with Crippen LogP contribution in [0.3, 0.4) is 0 Å². The first-order valence-electron chi connectivity index (χ1n) is 7.06. The number of nitrogens with zero attached hydrogens (tertiary/aromatic N) is 2. The number of methoxy groups -OCH3 is 1. The van der Waals surface area contributed by atoms with Crippen molar-refractivity contribution >= 4 is 11.6 Å². The van der Waals surface area contributed by atoms with Crippen molar-refractivity contribution in [2.45, 2.75) is 26.8 Å². The van der Waals surface area contributed by atoms with Crippen molar-refractivity contribution in [1.82, 2.24) is 4.90 Å². The van der Waals surface area contributed by atoms with Crippen LogP contribution in [0.1, 0.15) is 20.8 Å². The lowest BCUT2D eigenvalue weighted by Gasteiger charge is -2.24. The van der Waals surface area contributed by atoms with Crippen LogP contribution in [0, 0.1) is 0 Å². The van der Waals surface area contributed by atoms with Gasteiger partial charge in [-0.2, -0.15) is 0 Å². The molecule has 112 valence electrons. The Hall–Kier alpha value is -1.75. The van der Waals surface area contributed by atoms with E-state index in [-0.39, 0.29) is 0 Å². The second kappa shape index (κ2) is 8.43. The predicted molar refractivity (Wildman–Crippen MR) is 85.5 cm³/mol. The fraction of sp³-hybridized carbons (Fsp3) is 0.533. The van der Waals surface area contributed by atoms with Crippen LogP contribution in [0.5, 0.6) is 5.75 Å².